The van der Waals surface area contributed by atoms with Gasteiger partial charge in [0.2, 0.25) is 0 Å². The van der Waals surface area contributed by atoms with E-state index in [0.29, 0.717) is 0 Å². The molecule has 1 heterocycles. The van der Waals surface area contributed by atoms with E-state index in [9.17, 15) is 0 Å². The zero-order valence-electron chi connectivity index (χ0n) is 79.7. The zero-order valence-corrected chi connectivity index (χ0v) is 79.7. The van der Waals surface area contributed by atoms with Crippen LogP contribution in [0.5, 0.6) is 0 Å². The summed E-state index contributed by atoms with van der Waals surface area (Å²) in [6.45, 7) is 0. The van der Waals surface area contributed by atoms with Crippen LogP contribution in [-0.4, -0.2) is 0 Å². The first kappa shape index (κ1) is 90.4. The molecule has 0 fully saturated rings. The van der Waals surface area contributed by atoms with E-state index in [0.717, 1.165) is 73.1 Å². The van der Waals surface area contributed by atoms with Crippen molar-refractivity contribution in [3.8, 4) is 77.9 Å². The molecule has 0 aliphatic rings. The Kier molecular flexibility index (Phi) is 26.6. The summed E-state index contributed by atoms with van der Waals surface area (Å²) in [6.07, 6.45) is 0. The Morgan fingerprint density at radius 3 is 0.556 bits per heavy atom. The molecule has 0 spiro atoms. The lowest BCUT2D eigenvalue weighted by molar-refractivity contribution is 0.669. The molecule has 1 aromatic heterocycles. The van der Waals surface area contributed by atoms with Gasteiger partial charge in [0, 0.05) is 68.0 Å². The van der Waals surface area contributed by atoms with Crippen LogP contribution in [-0.2, 0) is 10.8 Å². The van der Waals surface area contributed by atoms with E-state index in [-0.39, 0.29) is 0 Å². The van der Waals surface area contributed by atoms with Gasteiger partial charge in [0.1, 0.15) is 11.2 Å². The number of hydrogen-bond donors (Lipinski definition) is 0. The monoisotopic (exact) mass is 1840 g/mol. The fourth-order valence-electron chi connectivity index (χ4n) is 20.5. The molecule has 0 aliphatic carbocycles. The van der Waals surface area contributed by atoms with Crippen LogP contribution < -0.4 is 14.7 Å². The van der Waals surface area contributed by atoms with Crippen LogP contribution in [0.1, 0.15) is 44.5 Å². The summed E-state index contributed by atoms with van der Waals surface area (Å²) < 4.78 is 6.26. The number of benzene rings is 23. The molecule has 0 saturated heterocycles. The molecule has 0 unspecified atom stereocenters. The van der Waals surface area contributed by atoms with Crippen LogP contribution in [0.4, 0.5) is 51.2 Å². The van der Waals surface area contributed by atoms with Crippen molar-refractivity contribution in [1.29, 1.82) is 0 Å². The summed E-state index contributed by atoms with van der Waals surface area (Å²) in [5.41, 5.74) is 37.3. The molecule has 0 aliphatic heterocycles. The van der Waals surface area contributed by atoms with E-state index >= 15 is 0 Å². The van der Waals surface area contributed by atoms with Crippen molar-refractivity contribution in [1.82, 2.24) is 0 Å². The number of rotatable bonds is 24. The molecule has 0 saturated carbocycles. The minimum absolute atomic E-state index is 0.473. The third-order valence-corrected chi connectivity index (χ3v) is 27.6. The van der Waals surface area contributed by atoms with Gasteiger partial charge in [0.15, 0.2) is 0 Å². The maximum atomic E-state index is 6.26. The summed E-state index contributed by atoms with van der Waals surface area (Å²) in [6, 6.07) is 224. The second kappa shape index (κ2) is 42.3. The Morgan fingerprint density at radius 2 is 0.285 bits per heavy atom. The molecule has 4 heteroatoms. The molecule has 0 radical (unpaired) electrons. The standard InChI is InChI=1S/C55H41N.C49H37N.C36H25NO/c1-6-16-42(17-7-1)45-28-36-52(37-29-45)56(53-38-30-46(31-39-53)43-18-8-2-9-19-43)54-40-32-47(33-41-54)44-26-34-51(35-27-44)55(48-20-10-3-11-21-48,49-22-12-4-13-23-49)50-24-14-5-15-25-50;1-6-16-38(17-7-1)40-26-32-46(33-27-40)50(47-34-28-41(29-35-47)39-18-8-2-9-19-39)48-36-30-45(31-37-48)49(42-20-10-3-11-21-42,43-22-12-4-13-23-43)44-24-14-5-15-25-44;1-3-10-26(11-4-1)28-18-20-30(21-19-28)37(31-15-9-14-29(24-31)27-12-5-2-6-13-27)32-22-23-34-33-16-7-8-17-35(33)38-36(34)25-32/h1-41H;1-37H;1-25H. The molecule has 0 N–H and O–H groups in total. The Hall–Kier alpha value is -18.7. The van der Waals surface area contributed by atoms with Gasteiger partial charge in [-0.1, -0.05) is 504 Å². The molecule has 144 heavy (non-hydrogen) atoms. The van der Waals surface area contributed by atoms with E-state index in [4.69, 9.17) is 4.42 Å². The Bertz CT molecular complexity index is 7910. The van der Waals surface area contributed by atoms with Crippen molar-refractivity contribution in [2.24, 2.45) is 0 Å². The first-order valence-corrected chi connectivity index (χ1v) is 49.3. The predicted molar refractivity (Wildman–Crippen MR) is 605 cm³/mol. The topological polar surface area (TPSA) is 22.9 Å². The number of fused-ring (bicyclic) bond motifs is 3. The summed E-state index contributed by atoms with van der Waals surface area (Å²) >= 11 is 0. The highest BCUT2D eigenvalue weighted by Crippen LogP contribution is 2.51. The zero-order chi connectivity index (χ0) is 96.5. The van der Waals surface area contributed by atoms with Gasteiger partial charge in [-0.25, -0.2) is 0 Å². The van der Waals surface area contributed by atoms with Crippen LogP contribution in [0, 0.1) is 0 Å². The minimum atomic E-state index is -0.498. The van der Waals surface area contributed by atoms with Gasteiger partial charge in [-0.15, -0.1) is 0 Å². The van der Waals surface area contributed by atoms with Crippen molar-refractivity contribution >= 4 is 73.1 Å². The Balaban J connectivity index is 0.000000125. The summed E-state index contributed by atoms with van der Waals surface area (Å²) in [5, 5.41) is 2.26. The van der Waals surface area contributed by atoms with Crippen molar-refractivity contribution < 1.29 is 4.42 Å². The van der Waals surface area contributed by atoms with E-state index in [1.807, 2.05) is 18.2 Å². The largest absolute Gasteiger partial charge is 0.456 e. The highest BCUT2D eigenvalue weighted by atomic mass is 16.3. The smallest absolute Gasteiger partial charge is 0.137 e. The van der Waals surface area contributed by atoms with Gasteiger partial charge < -0.3 is 19.1 Å². The third-order valence-electron chi connectivity index (χ3n) is 27.6. The predicted octanol–water partition coefficient (Wildman–Crippen LogP) is 37.8. The van der Waals surface area contributed by atoms with Gasteiger partial charge in [-0.3, -0.25) is 0 Å². The van der Waals surface area contributed by atoms with E-state index in [1.165, 1.54) is 122 Å². The minimum Gasteiger partial charge on any atom is -0.456 e. The van der Waals surface area contributed by atoms with Gasteiger partial charge in [-0.2, -0.15) is 0 Å². The normalized spacial score (nSPS) is 11.2. The molecular weight excluding hydrogens is 1740 g/mol. The summed E-state index contributed by atoms with van der Waals surface area (Å²) in [5.74, 6) is 0. The maximum absolute atomic E-state index is 6.26. The van der Waals surface area contributed by atoms with E-state index in [2.05, 4.69) is 621 Å². The van der Waals surface area contributed by atoms with Gasteiger partial charge in [0.25, 0.3) is 0 Å². The summed E-state index contributed by atoms with van der Waals surface area (Å²) in [4.78, 5) is 6.99. The molecule has 0 bridgehead atoms. The van der Waals surface area contributed by atoms with E-state index < -0.39 is 10.8 Å². The number of furan rings is 1. The lowest BCUT2D eigenvalue weighted by atomic mass is 9.65. The molecular formula is C140H103N3O. The maximum Gasteiger partial charge on any atom is 0.137 e. The first-order valence-electron chi connectivity index (χ1n) is 49.3. The Morgan fingerprint density at radius 1 is 0.111 bits per heavy atom. The number of para-hydroxylation sites is 1. The second-order valence-corrected chi connectivity index (χ2v) is 36.1. The highest BCUT2D eigenvalue weighted by molar-refractivity contribution is 6.06. The van der Waals surface area contributed by atoms with Crippen LogP contribution in [0.2, 0.25) is 0 Å². The molecule has 4 nitrogen and oxygen atoms in total. The van der Waals surface area contributed by atoms with Crippen LogP contribution in [0.25, 0.3) is 99.8 Å². The first-order chi connectivity index (χ1) is 71.4. The number of nitrogens with zero attached hydrogens (tertiary/aromatic N) is 3. The molecule has 0 amide bonds. The molecule has 23 aromatic carbocycles. The fraction of sp³-hybridized carbons (Fsp3) is 0.0143. The average Bonchev–Trinajstić information content (AvgIpc) is 0.762. The number of hydrogen-bond acceptors (Lipinski definition) is 4. The second-order valence-electron chi connectivity index (χ2n) is 36.1. The molecule has 0 atom stereocenters. The van der Waals surface area contributed by atoms with Gasteiger partial charge in [0.05, 0.1) is 10.8 Å². The fourth-order valence-corrected chi connectivity index (χ4v) is 20.5. The lowest BCUT2D eigenvalue weighted by Gasteiger charge is -2.37. The average molecular weight is 1840 g/mol. The van der Waals surface area contributed by atoms with Crippen molar-refractivity contribution in [3.05, 3.63) is 669 Å². The third kappa shape index (κ3) is 19.0. The molecule has 24 aromatic rings. The summed E-state index contributed by atoms with van der Waals surface area (Å²) in [7, 11) is 0. The van der Waals surface area contributed by atoms with E-state index in [1.54, 1.807) is 0 Å². The van der Waals surface area contributed by atoms with Gasteiger partial charge in [-0.05, 0) is 238 Å². The van der Waals surface area contributed by atoms with Crippen LogP contribution in [0.3, 0.4) is 0 Å². The SMILES string of the molecule is c1ccc(-c2ccc(N(c3ccc(-c4ccccc4)cc3)c3ccc(-c4ccc(C(c5ccccc5)(c5ccccc5)c5ccccc5)cc4)cc3)cc2)cc1.c1ccc(-c2ccc(N(c3ccc(-c4ccccc4)cc3)c3ccc(C(c4ccccc4)(c4ccccc4)c4ccccc4)cc3)cc2)cc1.c1ccc(-c2ccc(N(c3cccc(-c4ccccc4)c3)c3ccc4c(c3)oc3ccccc34)cc2)cc1. The van der Waals surface area contributed by atoms with Gasteiger partial charge >= 0.3 is 0 Å². The van der Waals surface area contributed by atoms with Crippen molar-refractivity contribution in [2.45, 2.75) is 10.8 Å². The van der Waals surface area contributed by atoms with Crippen LogP contribution in [0.15, 0.2) is 629 Å². The van der Waals surface area contributed by atoms with Crippen molar-refractivity contribution in [2.75, 3.05) is 14.7 Å². The Labute approximate surface area is 844 Å². The number of anilines is 9. The molecule has 24 rings (SSSR count). The molecule has 684 valence electrons. The lowest BCUT2D eigenvalue weighted by Crippen LogP contribution is -2.31. The highest BCUT2D eigenvalue weighted by Gasteiger charge is 2.40. The van der Waals surface area contributed by atoms with Crippen molar-refractivity contribution in [3.63, 3.8) is 0 Å². The van der Waals surface area contributed by atoms with Crippen LogP contribution >= 0.6 is 0 Å². The quantitative estimate of drug-likeness (QED) is 0.0563.